The predicted molar refractivity (Wildman–Crippen MR) is 115 cm³/mol. The molecule has 3 aromatic rings. The second-order valence-corrected chi connectivity index (χ2v) is 9.17. The van der Waals surface area contributed by atoms with E-state index in [-0.39, 0.29) is 18.1 Å². The molecule has 0 amide bonds. The van der Waals surface area contributed by atoms with Crippen molar-refractivity contribution in [1.29, 1.82) is 0 Å². The molecule has 2 atom stereocenters. The molecule has 1 saturated heterocycles. The lowest BCUT2D eigenvalue weighted by Crippen LogP contribution is -2.82. The number of aromatic nitrogens is 2. The van der Waals surface area contributed by atoms with Crippen LogP contribution in [0.2, 0.25) is 0 Å². The van der Waals surface area contributed by atoms with Gasteiger partial charge in [-0.3, -0.25) is 0 Å². The molecule has 1 aliphatic rings. The van der Waals surface area contributed by atoms with Gasteiger partial charge in [-0.15, -0.1) is 10.2 Å². The van der Waals surface area contributed by atoms with Crippen LogP contribution in [0.25, 0.3) is 0 Å². The SMILES string of the molecule is CN(C)c1ccc([C@H]2[NH2+]C[C@@H](CSc3nnc(Nc4ccccc4F)s3)O2)cc1. The van der Waals surface area contributed by atoms with Crippen LogP contribution in [0.5, 0.6) is 0 Å². The molecule has 1 fully saturated rings. The molecule has 0 unspecified atom stereocenters. The van der Waals surface area contributed by atoms with Gasteiger partial charge in [0.15, 0.2) is 4.34 Å². The summed E-state index contributed by atoms with van der Waals surface area (Å²) >= 11 is 3.03. The van der Waals surface area contributed by atoms with Crippen molar-refractivity contribution in [1.82, 2.24) is 10.2 Å². The van der Waals surface area contributed by atoms with Gasteiger partial charge in [0.1, 0.15) is 18.5 Å². The second kappa shape index (κ2) is 9.08. The number of ether oxygens (including phenoxy) is 1. The summed E-state index contributed by atoms with van der Waals surface area (Å²) in [6.07, 6.45) is 0.176. The summed E-state index contributed by atoms with van der Waals surface area (Å²) < 4.78 is 20.8. The van der Waals surface area contributed by atoms with E-state index >= 15 is 0 Å². The summed E-state index contributed by atoms with van der Waals surface area (Å²) in [6, 6.07) is 15.0. The van der Waals surface area contributed by atoms with Crippen LogP contribution in [0, 0.1) is 5.82 Å². The van der Waals surface area contributed by atoms with Crippen LogP contribution in [0.15, 0.2) is 52.9 Å². The number of thioether (sulfide) groups is 1. The number of hydrogen-bond acceptors (Lipinski definition) is 7. The second-order valence-electron chi connectivity index (χ2n) is 6.93. The zero-order valence-electron chi connectivity index (χ0n) is 16.2. The van der Waals surface area contributed by atoms with Crippen molar-refractivity contribution in [3.8, 4) is 0 Å². The molecule has 29 heavy (non-hydrogen) atoms. The third kappa shape index (κ3) is 5.05. The van der Waals surface area contributed by atoms with Crippen molar-refractivity contribution in [2.24, 2.45) is 0 Å². The topological polar surface area (TPSA) is 66.9 Å². The average molecular weight is 433 g/mol. The number of benzene rings is 2. The van der Waals surface area contributed by atoms with Crippen molar-refractivity contribution in [3.63, 3.8) is 0 Å². The Bertz CT molecular complexity index is 950. The van der Waals surface area contributed by atoms with Crippen LogP contribution in [0.4, 0.5) is 20.9 Å². The largest absolute Gasteiger partial charge is 0.378 e. The van der Waals surface area contributed by atoms with E-state index in [1.807, 2.05) is 14.1 Å². The normalized spacial score (nSPS) is 18.7. The van der Waals surface area contributed by atoms with E-state index in [0.717, 1.165) is 16.6 Å². The molecular weight excluding hydrogens is 409 g/mol. The molecule has 0 radical (unpaired) electrons. The van der Waals surface area contributed by atoms with E-state index in [1.165, 1.54) is 28.7 Å². The number of para-hydroxylation sites is 1. The standard InChI is InChI=1S/C20H22FN5OS2/c1-26(2)14-9-7-13(8-10-14)18-22-11-15(27-18)12-28-20-25-24-19(29-20)23-17-6-4-3-5-16(17)21/h3-10,15,18,22H,11-12H2,1-2H3,(H,23,24)/p+1/t15-,18-/m0/s1. The minimum Gasteiger partial charge on any atom is -0.378 e. The van der Waals surface area contributed by atoms with Gasteiger partial charge in [-0.25, -0.2) is 4.39 Å². The molecule has 4 rings (SSSR count). The van der Waals surface area contributed by atoms with Crippen LogP contribution in [-0.2, 0) is 4.74 Å². The van der Waals surface area contributed by atoms with Crippen LogP contribution in [0.1, 0.15) is 11.8 Å². The van der Waals surface area contributed by atoms with Crippen LogP contribution in [-0.4, -0.2) is 42.7 Å². The minimum atomic E-state index is -0.309. The van der Waals surface area contributed by atoms with Crippen LogP contribution in [0.3, 0.4) is 0 Å². The van der Waals surface area contributed by atoms with Gasteiger partial charge >= 0.3 is 0 Å². The molecule has 3 N–H and O–H groups in total. The fraction of sp³-hybridized carbons (Fsp3) is 0.300. The maximum absolute atomic E-state index is 13.7. The summed E-state index contributed by atoms with van der Waals surface area (Å²) in [5.41, 5.74) is 2.75. The first-order chi connectivity index (χ1) is 14.1. The van der Waals surface area contributed by atoms with Crippen molar-refractivity contribution < 1.29 is 14.4 Å². The van der Waals surface area contributed by atoms with Crippen molar-refractivity contribution in [2.45, 2.75) is 16.7 Å². The van der Waals surface area contributed by atoms with E-state index in [4.69, 9.17) is 4.74 Å². The van der Waals surface area contributed by atoms with Crippen molar-refractivity contribution in [2.75, 3.05) is 36.6 Å². The van der Waals surface area contributed by atoms with E-state index in [2.05, 4.69) is 50.0 Å². The van der Waals surface area contributed by atoms with E-state index in [9.17, 15) is 4.39 Å². The lowest BCUT2D eigenvalue weighted by molar-refractivity contribution is -0.697. The maximum atomic E-state index is 13.7. The van der Waals surface area contributed by atoms with E-state index in [0.29, 0.717) is 10.8 Å². The third-order valence-corrected chi connectivity index (χ3v) is 6.71. The summed E-state index contributed by atoms with van der Waals surface area (Å²) in [5, 5.41) is 14.1. The van der Waals surface area contributed by atoms with Gasteiger partial charge in [0.05, 0.1) is 5.69 Å². The average Bonchev–Trinajstić information content (AvgIpc) is 3.38. The summed E-state index contributed by atoms with van der Waals surface area (Å²) in [7, 11) is 4.07. The Morgan fingerprint density at radius 1 is 1.21 bits per heavy atom. The molecule has 2 aromatic carbocycles. The van der Waals surface area contributed by atoms with Gasteiger partial charge < -0.3 is 20.3 Å². The van der Waals surface area contributed by atoms with Gasteiger partial charge in [-0.1, -0.05) is 35.2 Å². The zero-order chi connectivity index (χ0) is 20.2. The third-order valence-electron chi connectivity index (χ3n) is 4.60. The predicted octanol–water partition coefficient (Wildman–Crippen LogP) is 3.24. The molecule has 0 aliphatic carbocycles. The monoisotopic (exact) mass is 432 g/mol. The Hall–Kier alpha value is -2.20. The first-order valence-electron chi connectivity index (χ1n) is 9.32. The first-order valence-corrected chi connectivity index (χ1v) is 11.1. The van der Waals surface area contributed by atoms with Gasteiger partial charge in [0, 0.05) is 31.1 Å². The van der Waals surface area contributed by atoms with Gasteiger partial charge in [-0.2, -0.15) is 0 Å². The number of halogens is 1. The minimum absolute atomic E-state index is 0.0320. The zero-order valence-corrected chi connectivity index (χ0v) is 17.8. The Labute approximate surface area is 177 Å². The molecule has 1 aliphatic heterocycles. The quantitative estimate of drug-likeness (QED) is 0.559. The molecule has 152 valence electrons. The van der Waals surface area contributed by atoms with Crippen molar-refractivity contribution >= 4 is 39.6 Å². The van der Waals surface area contributed by atoms with Gasteiger partial charge in [0.2, 0.25) is 11.4 Å². The fourth-order valence-electron chi connectivity index (χ4n) is 3.04. The Morgan fingerprint density at radius 3 is 2.76 bits per heavy atom. The number of quaternary nitrogens is 1. The fourth-order valence-corrected chi connectivity index (χ4v) is 4.85. The lowest BCUT2D eigenvalue weighted by atomic mass is 10.2. The number of nitrogens with zero attached hydrogens (tertiary/aromatic N) is 3. The number of nitrogens with two attached hydrogens (primary N) is 1. The summed E-state index contributed by atoms with van der Waals surface area (Å²) in [4.78, 5) is 2.08. The van der Waals surface area contributed by atoms with Crippen molar-refractivity contribution in [3.05, 3.63) is 59.9 Å². The summed E-state index contributed by atoms with van der Waals surface area (Å²) in [5.74, 6) is 0.494. The molecule has 6 nitrogen and oxygen atoms in total. The molecule has 0 saturated carbocycles. The highest BCUT2D eigenvalue weighted by atomic mass is 32.2. The molecule has 1 aromatic heterocycles. The highest BCUT2D eigenvalue weighted by Gasteiger charge is 2.30. The Morgan fingerprint density at radius 2 is 2.00 bits per heavy atom. The number of anilines is 3. The number of hydrogen-bond donors (Lipinski definition) is 2. The Kier molecular flexibility index (Phi) is 6.29. The van der Waals surface area contributed by atoms with E-state index in [1.54, 1.807) is 30.0 Å². The first kappa shape index (κ1) is 20.1. The molecule has 2 heterocycles. The molecular formula is C20H23FN5OS2+. The van der Waals surface area contributed by atoms with E-state index < -0.39 is 0 Å². The highest BCUT2D eigenvalue weighted by Crippen LogP contribution is 2.30. The number of rotatable bonds is 7. The van der Waals surface area contributed by atoms with Crippen LogP contribution >= 0.6 is 23.1 Å². The molecule has 0 bridgehead atoms. The lowest BCUT2D eigenvalue weighted by Gasteiger charge is -2.14. The van der Waals surface area contributed by atoms with Gasteiger partial charge in [0.25, 0.3) is 0 Å². The van der Waals surface area contributed by atoms with Gasteiger partial charge in [-0.05, 0) is 36.4 Å². The smallest absolute Gasteiger partial charge is 0.217 e. The highest BCUT2D eigenvalue weighted by molar-refractivity contribution is 8.01. The van der Waals surface area contributed by atoms with Crippen LogP contribution < -0.4 is 15.5 Å². The molecule has 0 spiro atoms. The number of nitrogens with one attached hydrogen (secondary N) is 1. The Balaban J connectivity index is 1.28. The molecule has 9 heteroatoms. The summed E-state index contributed by atoms with van der Waals surface area (Å²) in [6.45, 7) is 0.909. The maximum Gasteiger partial charge on any atom is 0.217 e.